The van der Waals surface area contributed by atoms with E-state index < -0.39 is 0 Å². The Labute approximate surface area is 106 Å². The summed E-state index contributed by atoms with van der Waals surface area (Å²) in [7, 11) is 0. The minimum absolute atomic E-state index is 0.808. The van der Waals surface area contributed by atoms with Crippen molar-refractivity contribution in [2.45, 2.75) is 44.7 Å². The fraction of sp³-hybridized carbons (Fsp3) is 1.00. The summed E-state index contributed by atoms with van der Waals surface area (Å²) in [5.41, 5.74) is 0. The number of nitrogens with zero attached hydrogens (tertiary/aromatic N) is 2. The zero-order valence-electron chi connectivity index (χ0n) is 11.2. The Morgan fingerprint density at radius 1 is 0.941 bits per heavy atom. The highest BCUT2D eigenvalue weighted by atomic mass is 15.3. The maximum Gasteiger partial charge on any atom is 0.0224 e. The first-order chi connectivity index (χ1) is 8.33. The van der Waals surface area contributed by atoms with Gasteiger partial charge in [-0.1, -0.05) is 13.3 Å². The molecule has 3 heterocycles. The molecule has 0 saturated carbocycles. The third kappa shape index (κ3) is 2.67. The van der Waals surface area contributed by atoms with Gasteiger partial charge in [0, 0.05) is 38.3 Å². The van der Waals surface area contributed by atoms with Gasteiger partial charge in [0.1, 0.15) is 0 Å². The molecular formula is C14H27N3. The van der Waals surface area contributed by atoms with Crippen LogP contribution < -0.4 is 5.32 Å². The molecule has 0 spiro atoms. The van der Waals surface area contributed by atoms with Crippen LogP contribution in [0.25, 0.3) is 0 Å². The van der Waals surface area contributed by atoms with E-state index in [0.29, 0.717) is 0 Å². The standard InChI is InChI=1S/C14H27N3/c1-12-8-14(10-15-9-12)17-7-6-16-5-3-2-4-13(16)11-17/h12-15H,2-11H2,1H3. The van der Waals surface area contributed by atoms with E-state index in [9.17, 15) is 0 Å². The summed E-state index contributed by atoms with van der Waals surface area (Å²) in [6.07, 6.45) is 5.72. The third-order valence-corrected chi connectivity index (χ3v) is 4.93. The van der Waals surface area contributed by atoms with Gasteiger partial charge in [-0.25, -0.2) is 0 Å². The van der Waals surface area contributed by atoms with Crippen LogP contribution in [0.2, 0.25) is 0 Å². The molecule has 0 radical (unpaired) electrons. The molecule has 3 nitrogen and oxygen atoms in total. The van der Waals surface area contributed by atoms with Gasteiger partial charge < -0.3 is 5.32 Å². The summed E-state index contributed by atoms with van der Waals surface area (Å²) >= 11 is 0. The fourth-order valence-electron chi connectivity index (χ4n) is 3.92. The molecule has 0 aliphatic carbocycles. The minimum atomic E-state index is 0.808. The maximum absolute atomic E-state index is 3.60. The Balaban J connectivity index is 1.57. The summed E-state index contributed by atoms with van der Waals surface area (Å²) in [6.45, 7) is 10.1. The van der Waals surface area contributed by atoms with E-state index in [4.69, 9.17) is 0 Å². The lowest BCUT2D eigenvalue weighted by molar-refractivity contribution is 0.0172. The van der Waals surface area contributed by atoms with Crippen LogP contribution in [0.3, 0.4) is 0 Å². The minimum Gasteiger partial charge on any atom is -0.315 e. The van der Waals surface area contributed by atoms with E-state index in [1.54, 1.807) is 0 Å². The number of hydrogen-bond donors (Lipinski definition) is 1. The topological polar surface area (TPSA) is 18.5 Å². The van der Waals surface area contributed by atoms with Crippen LogP contribution in [-0.2, 0) is 0 Å². The van der Waals surface area contributed by atoms with Gasteiger partial charge in [0.05, 0.1) is 0 Å². The largest absolute Gasteiger partial charge is 0.315 e. The number of fused-ring (bicyclic) bond motifs is 1. The lowest BCUT2D eigenvalue weighted by atomic mass is 9.93. The van der Waals surface area contributed by atoms with Crippen molar-refractivity contribution in [3.8, 4) is 0 Å². The number of piperazine rings is 1. The van der Waals surface area contributed by atoms with Gasteiger partial charge in [0.25, 0.3) is 0 Å². The molecule has 3 heteroatoms. The lowest BCUT2D eigenvalue weighted by Gasteiger charge is -2.48. The van der Waals surface area contributed by atoms with E-state index in [-0.39, 0.29) is 0 Å². The van der Waals surface area contributed by atoms with Crippen molar-refractivity contribution in [3.63, 3.8) is 0 Å². The van der Waals surface area contributed by atoms with Crippen molar-refractivity contribution in [2.75, 3.05) is 39.3 Å². The van der Waals surface area contributed by atoms with E-state index in [1.165, 1.54) is 65.0 Å². The zero-order chi connectivity index (χ0) is 11.7. The first-order valence-corrected chi connectivity index (χ1v) is 7.52. The number of hydrogen-bond acceptors (Lipinski definition) is 3. The van der Waals surface area contributed by atoms with Crippen LogP contribution in [0.15, 0.2) is 0 Å². The van der Waals surface area contributed by atoms with Gasteiger partial charge in [-0.2, -0.15) is 0 Å². The Hall–Kier alpha value is -0.120. The summed E-state index contributed by atoms with van der Waals surface area (Å²) in [5, 5.41) is 3.60. The number of rotatable bonds is 1. The van der Waals surface area contributed by atoms with Crippen molar-refractivity contribution >= 4 is 0 Å². The van der Waals surface area contributed by atoms with Gasteiger partial charge in [-0.05, 0) is 38.3 Å². The van der Waals surface area contributed by atoms with Crippen molar-refractivity contribution in [3.05, 3.63) is 0 Å². The van der Waals surface area contributed by atoms with Crippen LogP contribution >= 0.6 is 0 Å². The Kier molecular flexibility index (Phi) is 3.69. The molecule has 98 valence electrons. The summed E-state index contributed by atoms with van der Waals surface area (Å²) in [5.74, 6) is 0.859. The van der Waals surface area contributed by atoms with Crippen molar-refractivity contribution in [1.29, 1.82) is 0 Å². The molecule has 3 aliphatic rings. The zero-order valence-corrected chi connectivity index (χ0v) is 11.2. The number of nitrogens with one attached hydrogen (secondary N) is 1. The van der Waals surface area contributed by atoms with E-state index in [0.717, 1.165) is 18.0 Å². The molecule has 3 unspecified atom stereocenters. The molecule has 0 aromatic carbocycles. The first-order valence-electron chi connectivity index (χ1n) is 7.52. The predicted molar refractivity (Wildman–Crippen MR) is 71.2 cm³/mol. The average Bonchev–Trinajstić information content (AvgIpc) is 2.38. The molecule has 0 aromatic rings. The average molecular weight is 237 g/mol. The quantitative estimate of drug-likeness (QED) is 0.738. The van der Waals surface area contributed by atoms with Crippen LogP contribution in [0.5, 0.6) is 0 Å². The van der Waals surface area contributed by atoms with Gasteiger partial charge in [0.15, 0.2) is 0 Å². The Morgan fingerprint density at radius 2 is 1.82 bits per heavy atom. The summed E-state index contributed by atoms with van der Waals surface area (Å²) in [6, 6.07) is 1.68. The molecule has 0 aromatic heterocycles. The van der Waals surface area contributed by atoms with Crippen LogP contribution in [0, 0.1) is 5.92 Å². The van der Waals surface area contributed by atoms with Crippen LogP contribution in [0.1, 0.15) is 32.6 Å². The Bertz CT molecular complexity index is 256. The number of piperidine rings is 2. The fourth-order valence-corrected chi connectivity index (χ4v) is 3.92. The highest BCUT2D eigenvalue weighted by Gasteiger charge is 2.33. The normalized spacial score (nSPS) is 41.1. The smallest absolute Gasteiger partial charge is 0.0224 e. The molecule has 3 aliphatic heterocycles. The predicted octanol–water partition coefficient (Wildman–Crippen LogP) is 1.15. The molecule has 3 fully saturated rings. The molecule has 1 N–H and O–H groups in total. The lowest BCUT2D eigenvalue weighted by Crippen LogP contribution is -2.60. The third-order valence-electron chi connectivity index (χ3n) is 4.93. The first kappa shape index (κ1) is 11.9. The summed E-state index contributed by atoms with van der Waals surface area (Å²) < 4.78 is 0. The van der Waals surface area contributed by atoms with Crippen molar-refractivity contribution in [1.82, 2.24) is 15.1 Å². The van der Waals surface area contributed by atoms with Crippen LogP contribution in [-0.4, -0.2) is 61.2 Å². The van der Waals surface area contributed by atoms with Crippen molar-refractivity contribution in [2.24, 2.45) is 5.92 Å². The molecule has 3 atom stereocenters. The molecule has 3 rings (SSSR count). The molecule has 17 heavy (non-hydrogen) atoms. The second-order valence-electron chi connectivity index (χ2n) is 6.33. The van der Waals surface area contributed by atoms with Gasteiger partial charge in [-0.3, -0.25) is 9.80 Å². The van der Waals surface area contributed by atoms with E-state index in [1.807, 2.05) is 0 Å². The van der Waals surface area contributed by atoms with E-state index in [2.05, 4.69) is 22.0 Å². The SMILES string of the molecule is CC1CNCC(N2CCN3CCCCC3C2)C1. The van der Waals surface area contributed by atoms with E-state index >= 15 is 0 Å². The van der Waals surface area contributed by atoms with Crippen molar-refractivity contribution < 1.29 is 0 Å². The summed E-state index contributed by atoms with van der Waals surface area (Å²) in [4.78, 5) is 5.51. The molecule has 3 saturated heterocycles. The van der Waals surface area contributed by atoms with Crippen LogP contribution in [0.4, 0.5) is 0 Å². The Morgan fingerprint density at radius 3 is 2.71 bits per heavy atom. The monoisotopic (exact) mass is 237 g/mol. The maximum atomic E-state index is 3.60. The molecule has 0 amide bonds. The second kappa shape index (κ2) is 5.25. The van der Waals surface area contributed by atoms with Gasteiger partial charge >= 0.3 is 0 Å². The highest BCUT2D eigenvalue weighted by molar-refractivity contribution is 4.90. The van der Waals surface area contributed by atoms with Gasteiger partial charge in [-0.15, -0.1) is 0 Å². The highest BCUT2D eigenvalue weighted by Crippen LogP contribution is 2.24. The molecular weight excluding hydrogens is 210 g/mol. The van der Waals surface area contributed by atoms with Gasteiger partial charge in [0.2, 0.25) is 0 Å². The molecule has 0 bridgehead atoms. The second-order valence-corrected chi connectivity index (χ2v) is 6.33.